The average molecular weight is 371 g/mol. The number of fused-ring (bicyclic) bond motifs is 3. The van der Waals surface area contributed by atoms with Crippen molar-refractivity contribution in [2.45, 2.75) is 25.8 Å². The van der Waals surface area contributed by atoms with E-state index in [1.165, 1.54) is 43.3 Å². The van der Waals surface area contributed by atoms with Crippen LogP contribution in [0.4, 0.5) is 0 Å². The summed E-state index contributed by atoms with van der Waals surface area (Å²) in [5.41, 5.74) is 1.29. The minimum atomic E-state index is -0.0184. The van der Waals surface area contributed by atoms with Crippen molar-refractivity contribution in [3.05, 3.63) is 56.9 Å². The summed E-state index contributed by atoms with van der Waals surface area (Å²) in [6.07, 6.45) is 5.66. The zero-order chi connectivity index (χ0) is 15.8. The van der Waals surface area contributed by atoms with Crippen LogP contribution in [-0.4, -0.2) is 23.0 Å². The molecule has 1 N–H and O–H groups in total. The molecule has 1 aliphatic heterocycles. The van der Waals surface area contributed by atoms with Gasteiger partial charge in [0.2, 0.25) is 0 Å². The summed E-state index contributed by atoms with van der Waals surface area (Å²) in [5.74, 6) is 0. The van der Waals surface area contributed by atoms with Gasteiger partial charge in [-0.3, -0.25) is 9.69 Å². The number of H-pyrrole nitrogens is 1. The molecule has 2 heterocycles. The molecule has 118 valence electrons. The van der Waals surface area contributed by atoms with Crippen LogP contribution in [0, 0.1) is 0 Å². The average Bonchev–Trinajstić information content (AvgIpc) is 2.55. The van der Waals surface area contributed by atoms with Crippen molar-refractivity contribution in [3.63, 3.8) is 0 Å². The molecule has 3 nitrogen and oxygen atoms in total. The van der Waals surface area contributed by atoms with Crippen LogP contribution < -0.4 is 5.56 Å². The lowest BCUT2D eigenvalue weighted by molar-refractivity contribution is 0.221. The Bertz CT molecular complexity index is 926. The van der Waals surface area contributed by atoms with E-state index < -0.39 is 0 Å². The van der Waals surface area contributed by atoms with Crippen LogP contribution in [0.3, 0.4) is 0 Å². The number of halogens is 1. The van der Waals surface area contributed by atoms with Crippen LogP contribution in [0.15, 0.2) is 45.8 Å². The summed E-state index contributed by atoms with van der Waals surface area (Å²) in [6.45, 7) is 3.30. The highest BCUT2D eigenvalue weighted by atomic mass is 79.9. The lowest BCUT2D eigenvalue weighted by Gasteiger charge is -2.27. The number of aromatic nitrogens is 1. The van der Waals surface area contributed by atoms with E-state index in [0.29, 0.717) is 0 Å². The molecule has 0 atom stereocenters. The molecule has 2 aromatic carbocycles. The highest BCUT2D eigenvalue weighted by Crippen LogP contribution is 2.30. The monoisotopic (exact) mass is 370 g/mol. The van der Waals surface area contributed by atoms with Crippen molar-refractivity contribution < 1.29 is 0 Å². The first-order valence-electron chi connectivity index (χ1n) is 8.17. The Labute approximate surface area is 143 Å². The van der Waals surface area contributed by atoms with Gasteiger partial charge in [0.05, 0.1) is 5.39 Å². The van der Waals surface area contributed by atoms with E-state index in [2.05, 4.69) is 50.1 Å². The van der Waals surface area contributed by atoms with Crippen LogP contribution in [-0.2, 0) is 6.54 Å². The van der Waals surface area contributed by atoms with Crippen molar-refractivity contribution >= 4 is 37.5 Å². The number of likely N-dealkylation sites (tertiary alicyclic amines) is 1. The van der Waals surface area contributed by atoms with Crippen LogP contribution in [0.5, 0.6) is 0 Å². The van der Waals surface area contributed by atoms with Gasteiger partial charge in [-0.1, -0.05) is 28.4 Å². The molecule has 0 aliphatic carbocycles. The summed E-state index contributed by atoms with van der Waals surface area (Å²) in [6, 6.07) is 10.4. The predicted octanol–water partition coefficient (Wildman–Crippen LogP) is 4.43. The lowest BCUT2D eigenvalue weighted by Crippen LogP contribution is -2.29. The second-order valence-electron chi connectivity index (χ2n) is 6.33. The Morgan fingerprint density at radius 1 is 1.04 bits per heavy atom. The zero-order valence-electron chi connectivity index (χ0n) is 12.9. The molecule has 4 rings (SSSR count). The number of nitrogens with zero attached hydrogens (tertiary/aromatic N) is 1. The van der Waals surface area contributed by atoms with Crippen LogP contribution >= 0.6 is 15.9 Å². The predicted molar refractivity (Wildman–Crippen MR) is 98.9 cm³/mol. The van der Waals surface area contributed by atoms with E-state index in [1.54, 1.807) is 6.20 Å². The van der Waals surface area contributed by atoms with E-state index in [1.807, 2.05) is 6.07 Å². The quantitative estimate of drug-likeness (QED) is 0.677. The Kier molecular flexibility index (Phi) is 3.95. The molecule has 1 saturated heterocycles. The largest absolute Gasteiger partial charge is 0.329 e. The Balaban J connectivity index is 1.93. The number of hydrogen-bond donors (Lipinski definition) is 1. The van der Waals surface area contributed by atoms with Gasteiger partial charge in [-0.25, -0.2) is 0 Å². The molecule has 0 bridgehead atoms. The van der Waals surface area contributed by atoms with Crippen molar-refractivity contribution in [2.24, 2.45) is 0 Å². The van der Waals surface area contributed by atoms with Crippen LogP contribution in [0.1, 0.15) is 24.8 Å². The number of pyridine rings is 1. The second kappa shape index (κ2) is 6.10. The molecule has 4 heteroatoms. The normalized spacial score (nSPS) is 16.2. The first-order chi connectivity index (χ1) is 11.2. The number of hydrogen-bond acceptors (Lipinski definition) is 2. The van der Waals surface area contributed by atoms with Gasteiger partial charge in [0.25, 0.3) is 5.56 Å². The first kappa shape index (κ1) is 14.9. The fraction of sp³-hybridized carbons (Fsp3) is 0.316. The van der Waals surface area contributed by atoms with Gasteiger partial charge in [0, 0.05) is 17.2 Å². The number of aromatic amines is 1. The molecule has 0 amide bonds. The van der Waals surface area contributed by atoms with Crippen molar-refractivity contribution in [1.29, 1.82) is 0 Å². The smallest absolute Gasteiger partial charge is 0.256 e. The molecule has 3 aromatic rings. The van der Waals surface area contributed by atoms with E-state index >= 15 is 0 Å². The molecule has 1 aliphatic rings. The minimum Gasteiger partial charge on any atom is -0.329 e. The lowest BCUT2D eigenvalue weighted by atomic mass is 9.97. The Hall–Kier alpha value is -1.65. The second-order valence-corrected chi connectivity index (χ2v) is 7.25. The van der Waals surface area contributed by atoms with Crippen molar-refractivity contribution in [2.75, 3.05) is 13.1 Å². The van der Waals surface area contributed by atoms with Gasteiger partial charge < -0.3 is 4.98 Å². The van der Waals surface area contributed by atoms with Crippen LogP contribution in [0.25, 0.3) is 21.5 Å². The summed E-state index contributed by atoms with van der Waals surface area (Å²) < 4.78 is 1.00. The molecule has 0 radical (unpaired) electrons. The molecule has 0 unspecified atom stereocenters. The molecular formula is C19H19BrN2O. The number of benzene rings is 2. The molecule has 1 aromatic heterocycles. The number of piperidine rings is 1. The zero-order valence-corrected chi connectivity index (χ0v) is 14.5. The maximum Gasteiger partial charge on any atom is 0.256 e. The maximum atomic E-state index is 12.3. The third-order valence-corrected chi connectivity index (χ3v) is 5.26. The highest BCUT2D eigenvalue weighted by molar-refractivity contribution is 9.10. The van der Waals surface area contributed by atoms with Crippen molar-refractivity contribution in [1.82, 2.24) is 9.88 Å². The Morgan fingerprint density at radius 3 is 2.70 bits per heavy atom. The molecular weight excluding hydrogens is 352 g/mol. The third-order valence-electron chi connectivity index (χ3n) is 4.76. The summed E-state index contributed by atoms with van der Waals surface area (Å²) in [5, 5.41) is 4.02. The van der Waals surface area contributed by atoms with E-state index in [9.17, 15) is 4.79 Å². The third kappa shape index (κ3) is 2.81. The molecule has 1 fully saturated rings. The van der Waals surface area contributed by atoms with Gasteiger partial charge in [-0.15, -0.1) is 0 Å². The first-order valence-corrected chi connectivity index (χ1v) is 8.96. The number of rotatable bonds is 2. The topological polar surface area (TPSA) is 36.1 Å². The minimum absolute atomic E-state index is 0.0184. The summed E-state index contributed by atoms with van der Waals surface area (Å²) in [4.78, 5) is 17.7. The summed E-state index contributed by atoms with van der Waals surface area (Å²) >= 11 is 3.54. The molecule has 0 saturated carbocycles. The fourth-order valence-corrected chi connectivity index (χ4v) is 4.01. The van der Waals surface area contributed by atoms with Gasteiger partial charge in [-0.05, 0) is 71.9 Å². The van der Waals surface area contributed by atoms with Crippen LogP contribution in [0.2, 0.25) is 0 Å². The van der Waals surface area contributed by atoms with Crippen molar-refractivity contribution in [3.8, 4) is 0 Å². The fourth-order valence-electron chi connectivity index (χ4n) is 3.65. The molecule has 0 spiro atoms. The molecule has 23 heavy (non-hydrogen) atoms. The summed E-state index contributed by atoms with van der Waals surface area (Å²) in [7, 11) is 0. The van der Waals surface area contributed by atoms with Gasteiger partial charge in [-0.2, -0.15) is 0 Å². The number of nitrogens with one attached hydrogen (secondary N) is 1. The van der Waals surface area contributed by atoms with Gasteiger partial charge >= 0.3 is 0 Å². The Morgan fingerprint density at radius 2 is 1.87 bits per heavy atom. The maximum absolute atomic E-state index is 12.3. The van der Waals surface area contributed by atoms with E-state index in [-0.39, 0.29) is 5.56 Å². The van der Waals surface area contributed by atoms with E-state index in [0.717, 1.165) is 27.2 Å². The van der Waals surface area contributed by atoms with Gasteiger partial charge in [0.1, 0.15) is 0 Å². The standard InChI is InChI=1S/C19H19BrN2O/c20-15-4-5-16-14(12-22-8-2-1-3-9-22)10-13-6-7-21-19(23)18(13)17(16)11-15/h4-7,10-11H,1-3,8-9,12H2,(H,21,23). The SMILES string of the molecule is O=c1[nH]ccc2cc(CN3CCCCC3)c3ccc(Br)cc3c12. The van der Waals surface area contributed by atoms with Gasteiger partial charge in [0.15, 0.2) is 0 Å². The van der Waals surface area contributed by atoms with E-state index in [4.69, 9.17) is 0 Å². The highest BCUT2D eigenvalue weighted by Gasteiger charge is 2.14.